The van der Waals surface area contributed by atoms with Crippen molar-refractivity contribution < 1.29 is 52.7 Å². The van der Waals surface area contributed by atoms with Gasteiger partial charge in [0.1, 0.15) is 0 Å². The predicted molar refractivity (Wildman–Crippen MR) is 61.3 cm³/mol. The van der Waals surface area contributed by atoms with Gasteiger partial charge in [0.15, 0.2) is 0 Å². The monoisotopic (exact) mass is 512 g/mol. The Morgan fingerprint density at radius 1 is 0.682 bits per heavy atom. The molecule has 0 aliphatic heterocycles. The van der Waals surface area contributed by atoms with Gasteiger partial charge in [-0.2, -0.15) is 0 Å². The van der Waals surface area contributed by atoms with Crippen LogP contribution < -0.4 is 0 Å². The first kappa shape index (κ1) is 22.5. The Kier molecular flexibility index (Phi) is 6.54. The van der Waals surface area contributed by atoms with Gasteiger partial charge in [0.25, 0.3) is 0 Å². The van der Waals surface area contributed by atoms with Crippen LogP contribution in [-0.2, 0) is 0 Å². The van der Waals surface area contributed by atoms with E-state index < -0.39 is 58.0 Å². The molecule has 0 heterocycles. The van der Waals surface area contributed by atoms with E-state index in [0.29, 0.717) is 0 Å². The number of alkyl halides is 13. The molecule has 0 radical (unpaired) electrons. The molecule has 0 spiro atoms. The first-order valence-electron chi connectivity index (χ1n) is 4.52. The summed E-state index contributed by atoms with van der Waals surface area (Å²) in [6.45, 7) is 0. The summed E-state index contributed by atoms with van der Waals surface area (Å²) in [5.41, 5.74) is 0. The number of rotatable bonds is 7. The fourth-order valence-electron chi connectivity index (χ4n) is 0.984. The summed E-state index contributed by atoms with van der Waals surface area (Å²) in [5, 5.41) is 0. The van der Waals surface area contributed by atoms with Crippen molar-refractivity contribution in [1.82, 2.24) is 0 Å². The molecule has 0 saturated carbocycles. The molecule has 0 amide bonds. The topological polar surface area (TPSA) is 0 Å². The van der Waals surface area contributed by atoms with Crippen LogP contribution >= 0.6 is 35.4 Å². The average Bonchev–Trinajstić information content (AvgIpc) is 2.25. The van der Waals surface area contributed by atoms with Crippen molar-refractivity contribution in [2.24, 2.45) is 0 Å². The minimum absolute atomic E-state index is 2.36. The van der Waals surface area contributed by atoms with E-state index in [9.17, 15) is 52.7 Å². The van der Waals surface area contributed by atoms with Gasteiger partial charge in [-0.15, -0.1) is 0 Å². The molecule has 0 N–H and O–H groups in total. The van der Waals surface area contributed by atoms with Crippen LogP contribution in [0.4, 0.5) is 52.7 Å². The molecule has 0 aromatic carbocycles. The van der Waals surface area contributed by atoms with Crippen LogP contribution in [0.15, 0.2) is 0 Å². The molecule has 0 nitrogen and oxygen atoms in total. The van der Waals surface area contributed by atoms with Gasteiger partial charge >= 0.3 is 129 Å². The van der Waals surface area contributed by atoms with Crippen LogP contribution in [0.1, 0.15) is 0 Å². The van der Waals surface area contributed by atoms with Crippen LogP contribution in [0.2, 0.25) is 0 Å². The van der Waals surface area contributed by atoms with Gasteiger partial charge in [0.2, 0.25) is 0 Å². The van der Waals surface area contributed by atoms with Crippen molar-refractivity contribution in [2.75, 3.05) is 4.43 Å². The molecular formula is C7H3Cl2F12I. The summed E-state index contributed by atoms with van der Waals surface area (Å²) in [6.07, 6.45) is -5.51. The zero-order valence-corrected chi connectivity index (χ0v) is 13.1. The van der Waals surface area contributed by atoms with Crippen molar-refractivity contribution in [2.45, 2.75) is 36.0 Å². The molecule has 0 saturated heterocycles. The van der Waals surface area contributed by atoms with Gasteiger partial charge in [-0.25, -0.2) is 0 Å². The van der Waals surface area contributed by atoms with E-state index in [4.69, 9.17) is 17.8 Å². The molecule has 15 heteroatoms. The summed E-state index contributed by atoms with van der Waals surface area (Å²) in [5.74, 6) is -35.1. The second-order valence-corrected chi connectivity index (χ2v) is 11.6. The van der Waals surface area contributed by atoms with Crippen molar-refractivity contribution in [3.63, 3.8) is 0 Å². The van der Waals surface area contributed by atoms with E-state index >= 15 is 0 Å². The molecule has 22 heavy (non-hydrogen) atoms. The minimum atomic E-state index is -7.51. The molecule has 0 aliphatic rings. The molecule has 0 rings (SSSR count). The summed E-state index contributed by atoms with van der Waals surface area (Å²) < 4.78 is 149. The van der Waals surface area contributed by atoms with Crippen molar-refractivity contribution in [3.05, 3.63) is 0 Å². The van der Waals surface area contributed by atoms with Gasteiger partial charge in [-0.3, -0.25) is 0 Å². The quantitative estimate of drug-likeness (QED) is 0.215. The van der Waals surface area contributed by atoms with Gasteiger partial charge in [-0.05, 0) is 0 Å². The molecule has 136 valence electrons. The Morgan fingerprint density at radius 2 is 1.05 bits per heavy atom. The Morgan fingerprint density at radius 3 is 1.32 bits per heavy atom. The Balaban J connectivity index is 5.99. The molecule has 0 aliphatic carbocycles. The molecule has 0 unspecified atom stereocenters. The maximum absolute atomic E-state index is 13.0. The van der Waals surface area contributed by atoms with Crippen LogP contribution in [0.3, 0.4) is 0 Å². The summed E-state index contributed by atoms with van der Waals surface area (Å²) in [6, 6.07) is 0. The van der Waals surface area contributed by atoms with E-state index in [0.717, 1.165) is 0 Å². The standard InChI is InChI=1S/C7H3Cl2F12I/c8-22(9)1-3(12,13)5(16,17)7(20,21)6(18,19)4(14,15)2(10)11/h2H,1H2. The maximum atomic E-state index is 13.0. The van der Waals surface area contributed by atoms with E-state index in [2.05, 4.69) is 0 Å². The fraction of sp³-hybridized carbons (Fsp3) is 1.00. The summed E-state index contributed by atoms with van der Waals surface area (Å²) in [7, 11) is 9.56. The Labute approximate surface area is 128 Å². The van der Waals surface area contributed by atoms with Gasteiger partial charge in [0, 0.05) is 0 Å². The molecule has 0 atom stereocenters. The first-order chi connectivity index (χ1) is 9.36. The second kappa shape index (κ2) is 6.41. The van der Waals surface area contributed by atoms with E-state index in [1.807, 2.05) is 0 Å². The van der Waals surface area contributed by atoms with Crippen molar-refractivity contribution in [1.29, 1.82) is 0 Å². The van der Waals surface area contributed by atoms with E-state index in [-0.39, 0.29) is 0 Å². The molecule has 0 bridgehead atoms. The van der Waals surface area contributed by atoms with Crippen LogP contribution in [0.25, 0.3) is 0 Å². The SMILES string of the molecule is FC(F)C(F)(F)C(F)(F)C(F)(F)C(F)(F)C(F)(F)CI(Cl)Cl. The summed E-state index contributed by atoms with van der Waals surface area (Å²) >= 11 is -3.95. The third-order valence-electron chi connectivity index (χ3n) is 2.21. The number of hydrogen-bond donors (Lipinski definition) is 0. The Hall–Kier alpha value is 0.470. The van der Waals surface area contributed by atoms with Crippen LogP contribution in [0, 0.1) is 0 Å². The number of hydrogen-bond acceptors (Lipinski definition) is 0. The van der Waals surface area contributed by atoms with Gasteiger partial charge in [0.05, 0.1) is 0 Å². The summed E-state index contributed by atoms with van der Waals surface area (Å²) in [4.78, 5) is 0. The third-order valence-corrected chi connectivity index (χ3v) is 5.10. The van der Waals surface area contributed by atoms with Gasteiger partial charge < -0.3 is 0 Å². The van der Waals surface area contributed by atoms with Crippen LogP contribution in [-0.4, -0.2) is 40.5 Å². The molecule has 0 aromatic rings. The van der Waals surface area contributed by atoms with Gasteiger partial charge in [-0.1, -0.05) is 0 Å². The average molecular weight is 513 g/mol. The third kappa shape index (κ3) is 3.44. The predicted octanol–water partition coefficient (Wildman–Crippen LogP) is 6.24. The molecule has 0 fully saturated rings. The fourth-order valence-corrected chi connectivity index (χ4v) is 3.89. The number of halogens is 15. The first-order valence-corrected chi connectivity index (χ1v) is 11.5. The normalized spacial score (nSPS) is 16.2. The van der Waals surface area contributed by atoms with E-state index in [1.165, 1.54) is 0 Å². The zero-order valence-electron chi connectivity index (χ0n) is 9.45. The van der Waals surface area contributed by atoms with Crippen LogP contribution in [0.5, 0.6) is 0 Å². The Bertz CT molecular complexity index is 395. The molecule has 0 aromatic heterocycles. The zero-order chi connectivity index (χ0) is 18.4. The second-order valence-electron chi connectivity index (χ2n) is 3.74. The van der Waals surface area contributed by atoms with Crippen molar-refractivity contribution in [3.8, 4) is 0 Å². The van der Waals surface area contributed by atoms with E-state index in [1.54, 1.807) is 0 Å². The van der Waals surface area contributed by atoms with Crippen molar-refractivity contribution >= 4 is 35.4 Å². The molecular weight excluding hydrogens is 510 g/mol.